The van der Waals surface area contributed by atoms with Crippen molar-refractivity contribution in [2.24, 2.45) is 0 Å². The molecule has 0 bridgehead atoms. The number of amides is 1. The number of ether oxygens (including phenoxy) is 2. The lowest BCUT2D eigenvalue weighted by molar-refractivity contribution is 0.0965. The molecule has 2 aliphatic heterocycles. The lowest BCUT2D eigenvalue weighted by atomic mass is 10.0. The van der Waals surface area contributed by atoms with Crippen LogP contribution in [-0.4, -0.2) is 19.1 Å². The number of anilines is 1. The zero-order valence-electron chi connectivity index (χ0n) is 13.8. The van der Waals surface area contributed by atoms with Crippen molar-refractivity contribution in [3.05, 3.63) is 52.6 Å². The molecule has 0 spiro atoms. The molecule has 1 atom stereocenters. The Morgan fingerprint density at radius 3 is 3.08 bits per heavy atom. The first kappa shape index (κ1) is 14.9. The summed E-state index contributed by atoms with van der Waals surface area (Å²) in [4.78, 5) is 11.8. The molecule has 2 aromatic carbocycles. The molecule has 2 N–H and O–H groups in total. The standard InChI is InChI=1S/C19H20N2O3/c1-11-6-12-7-14(23-2)8-13(18(12)24-11)9-20-17-5-3-4-15-16(17)10-21-19(15)22/h3-5,7-8,11,20H,6,9-10H2,1-2H3,(H,21,22). The number of carbonyl (C=O) groups is 1. The Hall–Kier alpha value is -2.69. The van der Waals surface area contributed by atoms with Crippen LogP contribution in [0.1, 0.15) is 34.0 Å². The lowest BCUT2D eigenvalue weighted by Gasteiger charge is -2.14. The van der Waals surface area contributed by atoms with Crippen molar-refractivity contribution in [2.75, 3.05) is 12.4 Å². The minimum atomic E-state index is -0.00641. The molecule has 0 aromatic heterocycles. The van der Waals surface area contributed by atoms with Crippen molar-refractivity contribution >= 4 is 11.6 Å². The number of benzene rings is 2. The van der Waals surface area contributed by atoms with Crippen LogP contribution in [0, 0.1) is 0 Å². The molecular formula is C19H20N2O3. The van der Waals surface area contributed by atoms with Gasteiger partial charge in [0.25, 0.3) is 5.91 Å². The van der Waals surface area contributed by atoms with Gasteiger partial charge < -0.3 is 20.1 Å². The van der Waals surface area contributed by atoms with Gasteiger partial charge in [0.2, 0.25) is 0 Å². The maximum absolute atomic E-state index is 11.8. The van der Waals surface area contributed by atoms with Gasteiger partial charge in [-0.25, -0.2) is 0 Å². The summed E-state index contributed by atoms with van der Waals surface area (Å²) in [6.45, 7) is 3.27. The zero-order chi connectivity index (χ0) is 16.7. The first-order valence-corrected chi connectivity index (χ1v) is 8.16. The smallest absolute Gasteiger partial charge is 0.251 e. The summed E-state index contributed by atoms with van der Waals surface area (Å²) in [6, 6.07) is 9.82. The highest BCUT2D eigenvalue weighted by Gasteiger charge is 2.24. The van der Waals surface area contributed by atoms with E-state index in [9.17, 15) is 4.79 Å². The van der Waals surface area contributed by atoms with Crippen LogP contribution in [0.5, 0.6) is 11.5 Å². The molecule has 2 aromatic rings. The Morgan fingerprint density at radius 2 is 2.25 bits per heavy atom. The number of hydrogen-bond donors (Lipinski definition) is 2. The third-order valence-electron chi connectivity index (χ3n) is 4.59. The van der Waals surface area contributed by atoms with Gasteiger partial charge in [-0.1, -0.05) is 6.07 Å². The van der Waals surface area contributed by atoms with E-state index in [-0.39, 0.29) is 12.0 Å². The van der Waals surface area contributed by atoms with Gasteiger partial charge in [-0.15, -0.1) is 0 Å². The number of hydrogen-bond acceptors (Lipinski definition) is 4. The molecule has 0 radical (unpaired) electrons. The molecule has 2 heterocycles. The van der Waals surface area contributed by atoms with Gasteiger partial charge >= 0.3 is 0 Å². The number of carbonyl (C=O) groups excluding carboxylic acids is 1. The summed E-state index contributed by atoms with van der Waals surface area (Å²) in [5.74, 6) is 1.80. The van der Waals surface area contributed by atoms with E-state index < -0.39 is 0 Å². The molecule has 0 saturated carbocycles. The van der Waals surface area contributed by atoms with Gasteiger partial charge in [0.1, 0.15) is 17.6 Å². The molecule has 0 fully saturated rings. The van der Waals surface area contributed by atoms with E-state index in [1.165, 1.54) is 5.56 Å². The third-order valence-corrected chi connectivity index (χ3v) is 4.59. The maximum Gasteiger partial charge on any atom is 0.251 e. The fourth-order valence-corrected chi connectivity index (χ4v) is 3.44. The molecule has 1 unspecified atom stereocenters. The second kappa shape index (κ2) is 5.74. The van der Waals surface area contributed by atoms with E-state index in [4.69, 9.17) is 9.47 Å². The largest absolute Gasteiger partial charge is 0.497 e. The second-order valence-electron chi connectivity index (χ2n) is 6.28. The van der Waals surface area contributed by atoms with E-state index in [1.54, 1.807) is 7.11 Å². The average Bonchev–Trinajstić information content (AvgIpc) is 3.15. The molecule has 0 saturated heterocycles. The van der Waals surface area contributed by atoms with Crippen LogP contribution in [0.15, 0.2) is 30.3 Å². The fourth-order valence-electron chi connectivity index (χ4n) is 3.44. The Labute approximate surface area is 141 Å². The van der Waals surface area contributed by atoms with E-state index in [2.05, 4.69) is 17.6 Å². The summed E-state index contributed by atoms with van der Waals surface area (Å²) < 4.78 is 11.4. The summed E-state index contributed by atoms with van der Waals surface area (Å²) in [5, 5.41) is 6.32. The minimum Gasteiger partial charge on any atom is -0.497 e. The van der Waals surface area contributed by atoms with Crippen LogP contribution >= 0.6 is 0 Å². The summed E-state index contributed by atoms with van der Waals surface area (Å²) in [7, 11) is 1.68. The zero-order valence-corrected chi connectivity index (χ0v) is 13.8. The lowest BCUT2D eigenvalue weighted by Crippen LogP contribution is -2.12. The first-order chi connectivity index (χ1) is 11.7. The van der Waals surface area contributed by atoms with Gasteiger partial charge in [0, 0.05) is 47.5 Å². The highest BCUT2D eigenvalue weighted by atomic mass is 16.5. The first-order valence-electron chi connectivity index (χ1n) is 8.16. The van der Waals surface area contributed by atoms with Crippen LogP contribution in [-0.2, 0) is 19.5 Å². The SMILES string of the molecule is COc1cc(CNc2cccc3c2CNC3=O)c2c(c1)CC(C)O2. The van der Waals surface area contributed by atoms with Gasteiger partial charge in [-0.2, -0.15) is 0 Å². The minimum absolute atomic E-state index is 0.00641. The molecule has 5 heteroatoms. The molecule has 0 aliphatic carbocycles. The van der Waals surface area contributed by atoms with Crippen LogP contribution in [0.4, 0.5) is 5.69 Å². The van der Waals surface area contributed by atoms with Crippen LogP contribution in [0.2, 0.25) is 0 Å². The number of methoxy groups -OCH3 is 1. The predicted octanol–water partition coefficient (Wildman–Crippen LogP) is 2.87. The van der Waals surface area contributed by atoms with Crippen molar-refractivity contribution in [3.63, 3.8) is 0 Å². The van der Waals surface area contributed by atoms with Crippen molar-refractivity contribution in [1.29, 1.82) is 0 Å². The van der Waals surface area contributed by atoms with Crippen molar-refractivity contribution in [1.82, 2.24) is 5.32 Å². The van der Waals surface area contributed by atoms with E-state index >= 15 is 0 Å². The highest BCUT2D eigenvalue weighted by molar-refractivity contribution is 6.00. The topological polar surface area (TPSA) is 59.6 Å². The molecule has 2 aliphatic rings. The third kappa shape index (κ3) is 2.46. The van der Waals surface area contributed by atoms with Gasteiger partial charge in [-0.05, 0) is 31.2 Å². The van der Waals surface area contributed by atoms with E-state index in [1.807, 2.05) is 30.3 Å². The normalized spacial score (nSPS) is 17.8. The van der Waals surface area contributed by atoms with Crippen LogP contribution < -0.4 is 20.1 Å². The van der Waals surface area contributed by atoms with E-state index in [0.29, 0.717) is 13.1 Å². The fraction of sp³-hybridized carbons (Fsp3) is 0.316. The van der Waals surface area contributed by atoms with E-state index in [0.717, 1.165) is 40.3 Å². The van der Waals surface area contributed by atoms with Crippen molar-refractivity contribution < 1.29 is 14.3 Å². The monoisotopic (exact) mass is 324 g/mol. The Bertz CT molecular complexity index is 816. The molecule has 1 amide bonds. The number of nitrogens with one attached hydrogen (secondary N) is 2. The summed E-state index contributed by atoms with van der Waals surface area (Å²) >= 11 is 0. The molecule has 24 heavy (non-hydrogen) atoms. The predicted molar refractivity (Wildman–Crippen MR) is 91.7 cm³/mol. The number of rotatable bonds is 4. The van der Waals surface area contributed by atoms with Gasteiger partial charge in [-0.3, -0.25) is 4.79 Å². The van der Waals surface area contributed by atoms with Crippen LogP contribution in [0.25, 0.3) is 0 Å². The number of fused-ring (bicyclic) bond motifs is 2. The second-order valence-corrected chi connectivity index (χ2v) is 6.28. The van der Waals surface area contributed by atoms with Crippen LogP contribution in [0.3, 0.4) is 0 Å². The average molecular weight is 324 g/mol. The molecule has 4 rings (SSSR count). The molecular weight excluding hydrogens is 304 g/mol. The van der Waals surface area contributed by atoms with Gasteiger partial charge in [0.05, 0.1) is 7.11 Å². The summed E-state index contributed by atoms with van der Waals surface area (Å²) in [5.41, 5.74) is 5.02. The Balaban J connectivity index is 1.62. The Kier molecular flexibility index (Phi) is 3.56. The van der Waals surface area contributed by atoms with Crippen molar-refractivity contribution in [2.45, 2.75) is 32.5 Å². The summed E-state index contributed by atoms with van der Waals surface area (Å²) in [6.07, 6.45) is 1.09. The highest BCUT2D eigenvalue weighted by Crippen LogP contribution is 2.37. The molecule has 5 nitrogen and oxygen atoms in total. The van der Waals surface area contributed by atoms with Gasteiger partial charge in [0.15, 0.2) is 0 Å². The van der Waals surface area contributed by atoms with Crippen molar-refractivity contribution in [3.8, 4) is 11.5 Å². The Morgan fingerprint density at radius 1 is 1.38 bits per heavy atom. The quantitative estimate of drug-likeness (QED) is 0.908. The maximum atomic E-state index is 11.8. The molecule has 124 valence electrons.